The molecule has 1 N–H and O–H groups in total. The minimum atomic E-state index is -0.316. The number of nitrogens with zero attached hydrogens (tertiary/aromatic N) is 5. The van der Waals surface area contributed by atoms with Crippen LogP contribution in [0.2, 0.25) is 5.02 Å². The average molecular weight is 505 g/mol. The molecule has 0 saturated heterocycles. The summed E-state index contributed by atoms with van der Waals surface area (Å²) >= 11 is 6.13. The second-order valence-electron chi connectivity index (χ2n) is 8.02. The van der Waals surface area contributed by atoms with Gasteiger partial charge in [-0.25, -0.2) is 14.6 Å². The minimum absolute atomic E-state index is 0.185. The van der Waals surface area contributed by atoms with Crippen LogP contribution in [-0.2, 0) is 11.3 Å². The van der Waals surface area contributed by atoms with Crippen molar-refractivity contribution < 1.29 is 9.53 Å². The van der Waals surface area contributed by atoms with Crippen LogP contribution in [0.4, 0.5) is 5.82 Å². The smallest absolute Gasteiger partial charge is 0.316 e. The first-order chi connectivity index (χ1) is 17.4. The fraction of sp³-hybridized carbons (Fsp3) is 0.192. The van der Waals surface area contributed by atoms with Gasteiger partial charge in [-0.15, -0.1) is 5.10 Å². The van der Waals surface area contributed by atoms with Crippen LogP contribution in [0, 0.1) is 6.92 Å². The van der Waals surface area contributed by atoms with Gasteiger partial charge in [0, 0.05) is 35.1 Å². The Morgan fingerprint density at radius 1 is 1.03 bits per heavy atom. The number of nitrogens with one attached hydrogen (secondary N) is 1. The van der Waals surface area contributed by atoms with E-state index >= 15 is 0 Å². The number of hydrazine groups is 1. The number of anilines is 1. The summed E-state index contributed by atoms with van der Waals surface area (Å²) in [5, 5.41) is 6.50. The quantitative estimate of drug-likeness (QED) is 0.269. The Labute approximate surface area is 213 Å². The van der Waals surface area contributed by atoms with Crippen LogP contribution in [-0.4, -0.2) is 44.8 Å². The molecule has 0 saturated carbocycles. The number of amides is 1. The molecule has 10 heteroatoms. The van der Waals surface area contributed by atoms with Crippen LogP contribution in [0.15, 0.2) is 65.7 Å². The Bertz CT molecular complexity index is 1400. The molecular formula is C26H25ClN6O3. The molecule has 36 heavy (non-hydrogen) atoms. The van der Waals surface area contributed by atoms with Crippen LogP contribution in [0.3, 0.4) is 0 Å². The molecule has 0 unspecified atom stereocenters. The summed E-state index contributed by atoms with van der Waals surface area (Å²) in [4.78, 5) is 34.0. The third-order valence-electron chi connectivity index (χ3n) is 5.56. The summed E-state index contributed by atoms with van der Waals surface area (Å²) < 4.78 is 6.47. The maximum absolute atomic E-state index is 13.9. The van der Waals surface area contributed by atoms with Gasteiger partial charge in [-0.05, 0) is 37.1 Å². The van der Waals surface area contributed by atoms with Crippen molar-refractivity contribution in [1.29, 1.82) is 0 Å². The first-order valence-electron chi connectivity index (χ1n) is 11.2. The highest BCUT2D eigenvalue weighted by atomic mass is 35.5. The highest BCUT2D eigenvalue weighted by Crippen LogP contribution is 2.35. The lowest BCUT2D eigenvalue weighted by Crippen LogP contribution is -2.33. The Morgan fingerprint density at radius 3 is 2.28 bits per heavy atom. The zero-order chi connectivity index (χ0) is 25.7. The van der Waals surface area contributed by atoms with Gasteiger partial charge < -0.3 is 4.74 Å². The van der Waals surface area contributed by atoms with E-state index in [-0.39, 0.29) is 18.1 Å². The van der Waals surface area contributed by atoms with Crippen molar-refractivity contribution in [3.8, 4) is 28.3 Å². The number of methoxy groups -OCH3 is 1. The summed E-state index contributed by atoms with van der Waals surface area (Å²) in [6.45, 7) is 4.43. The number of benzene rings is 2. The number of halogens is 1. The van der Waals surface area contributed by atoms with Gasteiger partial charge in [-0.2, -0.15) is 0 Å². The predicted molar refractivity (Wildman–Crippen MR) is 139 cm³/mol. The van der Waals surface area contributed by atoms with Gasteiger partial charge in [0.25, 0.3) is 5.56 Å². The second kappa shape index (κ2) is 11.0. The van der Waals surface area contributed by atoms with E-state index in [1.807, 2.05) is 38.1 Å². The molecule has 9 nitrogen and oxygen atoms in total. The SMILES string of the molecule is CCN(C=O)Nc1nn(Cc2ccc(C)cc2)c(=O)c(-c2ccc(Cl)cc2)c1-c1cnc(OC)nc1. The maximum Gasteiger partial charge on any atom is 0.316 e. The lowest BCUT2D eigenvalue weighted by Gasteiger charge is -2.22. The molecule has 0 bridgehead atoms. The van der Waals surface area contributed by atoms with Gasteiger partial charge in [0.1, 0.15) is 0 Å². The molecule has 184 valence electrons. The van der Waals surface area contributed by atoms with E-state index in [0.717, 1.165) is 11.1 Å². The Morgan fingerprint density at radius 2 is 1.69 bits per heavy atom. The number of ether oxygens (including phenoxy) is 1. The molecule has 0 spiro atoms. The monoisotopic (exact) mass is 504 g/mol. The summed E-state index contributed by atoms with van der Waals surface area (Å²) in [5.74, 6) is 0.300. The van der Waals surface area contributed by atoms with Crippen LogP contribution in [0.5, 0.6) is 6.01 Å². The molecule has 1 amide bonds. The zero-order valence-corrected chi connectivity index (χ0v) is 20.9. The van der Waals surface area contributed by atoms with Gasteiger partial charge in [0.05, 0.1) is 19.2 Å². The molecule has 0 atom stereocenters. The fourth-order valence-electron chi connectivity index (χ4n) is 3.65. The number of hydrogen-bond acceptors (Lipinski definition) is 7. The van der Waals surface area contributed by atoms with E-state index in [0.29, 0.717) is 46.0 Å². The van der Waals surface area contributed by atoms with Crippen molar-refractivity contribution in [2.45, 2.75) is 20.4 Å². The Hall–Kier alpha value is -4.24. The Kier molecular flexibility index (Phi) is 7.60. The van der Waals surface area contributed by atoms with E-state index in [4.69, 9.17) is 16.3 Å². The number of carbonyl (C=O) groups excluding carboxylic acids is 1. The van der Waals surface area contributed by atoms with Gasteiger partial charge in [0.15, 0.2) is 5.82 Å². The van der Waals surface area contributed by atoms with Gasteiger partial charge in [0.2, 0.25) is 6.41 Å². The molecular weight excluding hydrogens is 480 g/mol. The average Bonchev–Trinajstić information content (AvgIpc) is 2.90. The van der Waals surface area contributed by atoms with Crippen LogP contribution < -0.4 is 15.7 Å². The van der Waals surface area contributed by atoms with Crippen LogP contribution in [0.25, 0.3) is 22.3 Å². The van der Waals surface area contributed by atoms with Crippen molar-refractivity contribution in [2.75, 3.05) is 19.1 Å². The normalized spacial score (nSPS) is 10.7. The van der Waals surface area contributed by atoms with Crippen LogP contribution in [0.1, 0.15) is 18.1 Å². The molecule has 0 aliphatic rings. The topological polar surface area (TPSA) is 102 Å². The molecule has 0 fully saturated rings. The van der Waals surface area contributed by atoms with Gasteiger partial charge in [-0.1, -0.05) is 53.6 Å². The van der Waals surface area contributed by atoms with Crippen LogP contribution >= 0.6 is 11.6 Å². The molecule has 4 rings (SSSR count). The summed E-state index contributed by atoms with van der Waals surface area (Å²) in [6.07, 6.45) is 3.76. The molecule has 0 aliphatic carbocycles. The van der Waals surface area contributed by atoms with E-state index < -0.39 is 0 Å². The van der Waals surface area contributed by atoms with Gasteiger partial charge in [-0.3, -0.25) is 20.0 Å². The zero-order valence-electron chi connectivity index (χ0n) is 20.1. The molecule has 2 aromatic heterocycles. The summed E-state index contributed by atoms with van der Waals surface area (Å²) in [7, 11) is 1.47. The first-order valence-corrected chi connectivity index (χ1v) is 11.6. The van der Waals surface area contributed by atoms with E-state index in [2.05, 4.69) is 20.5 Å². The maximum atomic E-state index is 13.9. The summed E-state index contributed by atoms with van der Waals surface area (Å²) in [5.41, 5.74) is 6.72. The third kappa shape index (κ3) is 5.36. The lowest BCUT2D eigenvalue weighted by molar-refractivity contribution is -0.116. The third-order valence-corrected chi connectivity index (χ3v) is 5.81. The molecule has 2 heterocycles. The standard InChI is InChI=1S/C26H25ClN6O3/c1-4-32(16-34)30-24-22(20-13-28-26(36-3)29-14-20)23(19-9-11-21(27)12-10-19)25(35)33(31-24)15-18-7-5-17(2)6-8-18/h5-14,16H,4,15H2,1-3H3,(H,30,31). The minimum Gasteiger partial charge on any atom is -0.467 e. The highest BCUT2D eigenvalue weighted by Gasteiger charge is 2.22. The van der Waals surface area contributed by atoms with Crippen molar-refractivity contribution in [3.63, 3.8) is 0 Å². The lowest BCUT2D eigenvalue weighted by atomic mass is 9.98. The van der Waals surface area contributed by atoms with Crippen molar-refractivity contribution in [1.82, 2.24) is 24.8 Å². The molecule has 2 aromatic carbocycles. The largest absolute Gasteiger partial charge is 0.467 e. The van der Waals surface area contributed by atoms with E-state index in [1.165, 1.54) is 16.8 Å². The van der Waals surface area contributed by atoms with Gasteiger partial charge >= 0.3 is 6.01 Å². The van der Waals surface area contributed by atoms with Crippen molar-refractivity contribution in [3.05, 3.63) is 87.4 Å². The fourth-order valence-corrected chi connectivity index (χ4v) is 3.78. The number of aryl methyl sites for hydroxylation is 1. The number of carbonyl (C=O) groups is 1. The van der Waals surface area contributed by atoms with E-state index in [9.17, 15) is 9.59 Å². The Balaban J connectivity index is 2.00. The molecule has 0 radical (unpaired) electrons. The summed E-state index contributed by atoms with van der Waals surface area (Å²) in [6, 6.07) is 15.0. The number of rotatable bonds is 9. The second-order valence-corrected chi connectivity index (χ2v) is 8.45. The predicted octanol–water partition coefficient (Wildman–Crippen LogP) is 4.19. The van der Waals surface area contributed by atoms with Crippen molar-refractivity contribution >= 4 is 23.8 Å². The number of hydrogen-bond donors (Lipinski definition) is 1. The first kappa shape index (κ1) is 24.9. The molecule has 4 aromatic rings. The van der Waals surface area contributed by atoms with E-state index in [1.54, 1.807) is 36.7 Å². The highest BCUT2D eigenvalue weighted by molar-refractivity contribution is 6.30. The molecule has 0 aliphatic heterocycles. The number of aromatic nitrogens is 4. The van der Waals surface area contributed by atoms with Crippen molar-refractivity contribution in [2.24, 2.45) is 0 Å².